The normalized spacial score (nSPS) is 10.5. The molecule has 0 bridgehead atoms. The third-order valence-corrected chi connectivity index (χ3v) is 4.61. The molecule has 0 aliphatic heterocycles. The summed E-state index contributed by atoms with van der Waals surface area (Å²) in [6.07, 6.45) is 0. The lowest BCUT2D eigenvalue weighted by Gasteiger charge is -2.13. The van der Waals surface area contributed by atoms with Gasteiger partial charge in [0.15, 0.2) is 5.69 Å². The molecule has 3 rings (SSSR count). The van der Waals surface area contributed by atoms with Gasteiger partial charge >= 0.3 is 11.7 Å². The van der Waals surface area contributed by atoms with E-state index in [1.165, 1.54) is 0 Å². The van der Waals surface area contributed by atoms with Gasteiger partial charge in [0.1, 0.15) is 5.58 Å². The van der Waals surface area contributed by atoms with Crippen molar-refractivity contribution in [2.24, 2.45) is 0 Å². The van der Waals surface area contributed by atoms with Crippen molar-refractivity contribution in [2.75, 3.05) is 23.0 Å². The van der Waals surface area contributed by atoms with E-state index in [1.807, 2.05) is 31.2 Å². The number of urea groups is 1. The number of anilines is 3. The van der Waals surface area contributed by atoms with E-state index in [0.29, 0.717) is 22.3 Å². The molecule has 2 aromatic carbocycles. The Morgan fingerprint density at radius 2 is 1.84 bits per heavy atom. The van der Waals surface area contributed by atoms with Crippen molar-refractivity contribution in [3.05, 3.63) is 62.9 Å². The number of carbonyl (C=O) groups excluding carboxylic acids is 1. The van der Waals surface area contributed by atoms with E-state index in [9.17, 15) is 9.59 Å². The van der Waals surface area contributed by atoms with Gasteiger partial charge in [0, 0.05) is 22.6 Å². The van der Waals surface area contributed by atoms with E-state index in [-0.39, 0.29) is 5.69 Å². The molecule has 0 saturated heterocycles. The van der Waals surface area contributed by atoms with Crippen LogP contribution in [0, 0.1) is 6.92 Å². The quantitative estimate of drug-likeness (QED) is 0.562. The number of para-hydroxylation sites is 1. The number of hydrogen-bond acceptors (Lipinski definition) is 4. The molecule has 0 atom stereocenters. The molecule has 128 valence electrons. The van der Waals surface area contributed by atoms with Gasteiger partial charge in [0.2, 0.25) is 0 Å². The Morgan fingerprint density at radius 3 is 2.56 bits per heavy atom. The molecule has 2 amide bonds. The van der Waals surface area contributed by atoms with Crippen molar-refractivity contribution in [1.29, 1.82) is 0 Å². The number of amides is 2. The van der Waals surface area contributed by atoms with Crippen LogP contribution < -0.4 is 21.6 Å². The zero-order valence-electron chi connectivity index (χ0n) is 13.6. The zero-order valence-corrected chi connectivity index (χ0v) is 15.2. The summed E-state index contributed by atoms with van der Waals surface area (Å²) in [6, 6.07) is 12.0. The van der Waals surface area contributed by atoms with Crippen molar-refractivity contribution < 1.29 is 9.21 Å². The number of aryl methyl sites for hydroxylation is 1. The lowest BCUT2D eigenvalue weighted by atomic mass is 10.2. The van der Waals surface area contributed by atoms with Crippen LogP contribution in [-0.4, -0.2) is 13.1 Å². The zero-order chi connectivity index (χ0) is 18.0. The molecule has 7 heteroatoms. The summed E-state index contributed by atoms with van der Waals surface area (Å²) in [5.41, 5.74) is 2.01. The lowest BCUT2D eigenvalue weighted by molar-refractivity contribution is 0.262. The first kappa shape index (κ1) is 17.0. The van der Waals surface area contributed by atoms with Gasteiger partial charge < -0.3 is 15.1 Å². The highest BCUT2D eigenvalue weighted by Gasteiger charge is 2.16. The Hall–Kier alpha value is -2.80. The van der Waals surface area contributed by atoms with Crippen LogP contribution >= 0.6 is 15.9 Å². The van der Waals surface area contributed by atoms with Crippen LogP contribution in [0.1, 0.15) is 5.56 Å². The molecule has 0 saturated carbocycles. The molecule has 25 heavy (non-hydrogen) atoms. The van der Waals surface area contributed by atoms with Gasteiger partial charge in [-0.25, -0.2) is 9.59 Å². The summed E-state index contributed by atoms with van der Waals surface area (Å²) in [4.78, 5) is 24.5. The standard InChI is InChI=1S/C18H16BrN3O3/c1-10-9-11(7-8-13(10)19)21-18(24)22-16-15(20-2)12-5-3-4-6-14(12)25-17(16)23/h3-9,20H,1-2H3,(H2,21,22,24). The molecule has 0 unspecified atom stereocenters. The summed E-state index contributed by atoms with van der Waals surface area (Å²) in [5.74, 6) is 0. The molecular formula is C18H16BrN3O3. The molecule has 3 N–H and O–H groups in total. The number of fused-ring (bicyclic) bond motifs is 1. The lowest BCUT2D eigenvalue weighted by Crippen LogP contribution is -2.24. The number of hydrogen-bond donors (Lipinski definition) is 3. The number of halogens is 1. The van der Waals surface area contributed by atoms with Crippen LogP contribution in [0.25, 0.3) is 11.0 Å². The molecule has 3 aromatic rings. The van der Waals surface area contributed by atoms with E-state index >= 15 is 0 Å². The number of rotatable bonds is 3. The van der Waals surface area contributed by atoms with E-state index in [1.54, 1.807) is 25.2 Å². The molecular weight excluding hydrogens is 386 g/mol. The van der Waals surface area contributed by atoms with Crippen LogP contribution in [-0.2, 0) is 0 Å². The highest BCUT2D eigenvalue weighted by molar-refractivity contribution is 9.10. The topological polar surface area (TPSA) is 83.4 Å². The van der Waals surface area contributed by atoms with Crippen molar-refractivity contribution in [1.82, 2.24) is 0 Å². The fourth-order valence-electron chi connectivity index (χ4n) is 2.52. The molecule has 0 aliphatic rings. The molecule has 1 aromatic heterocycles. The van der Waals surface area contributed by atoms with Crippen molar-refractivity contribution >= 4 is 50.0 Å². The second-order valence-electron chi connectivity index (χ2n) is 5.43. The van der Waals surface area contributed by atoms with Crippen LogP contribution in [0.3, 0.4) is 0 Å². The Balaban J connectivity index is 1.91. The van der Waals surface area contributed by atoms with Crippen LogP contribution in [0.5, 0.6) is 0 Å². The minimum Gasteiger partial charge on any atom is -0.421 e. The molecule has 0 radical (unpaired) electrons. The maximum atomic E-state index is 12.3. The highest BCUT2D eigenvalue weighted by atomic mass is 79.9. The fraction of sp³-hybridized carbons (Fsp3) is 0.111. The summed E-state index contributed by atoms with van der Waals surface area (Å²) < 4.78 is 6.23. The van der Waals surface area contributed by atoms with Crippen molar-refractivity contribution in [2.45, 2.75) is 6.92 Å². The van der Waals surface area contributed by atoms with E-state index in [4.69, 9.17) is 4.42 Å². The highest BCUT2D eigenvalue weighted by Crippen LogP contribution is 2.28. The van der Waals surface area contributed by atoms with E-state index < -0.39 is 11.7 Å². The van der Waals surface area contributed by atoms with Crippen molar-refractivity contribution in [3.63, 3.8) is 0 Å². The Labute approximate surface area is 152 Å². The SMILES string of the molecule is CNc1c(NC(=O)Nc2ccc(Br)c(C)c2)c(=O)oc2ccccc12. The smallest absolute Gasteiger partial charge is 0.362 e. The molecule has 0 aliphatic carbocycles. The Morgan fingerprint density at radius 1 is 1.08 bits per heavy atom. The van der Waals surface area contributed by atoms with Crippen LogP contribution in [0.15, 0.2) is 56.1 Å². The van der Waals surface area contributed by atoms with Crippen molar-refractivity contribution in [3.8, 4) is 0 Å². The second-order valence-corrected chi connectivity index (χ2v) is 6.28. The van der Waals surface area contributed by atoms with E-state index in [0.717, 1.165) is 10.0 Å². The summed E-state index contributed by atoms with van der Waals surface area (Å²) >= 11 is 3.41. The van der Waals surface area contributed by atoms with Gasteiger partial charge in [-0.1, -0.05) is 28.1 Å². The fourth-order valence-corrected chi connectivity index (χ4v) is 2.77. The van der Waals surface area contributed by atoms with Gasteiger partial charge in [0.05, 0.1) is 5.69 Å². The van der Waals surface area contributed by atoms with E-state index in [2.05, 4.69) is 31.9 Å². The average Bonchev–Trinajstić information content (AvgIpc) is 2.59. The molecule has 0 spiro atoms. The number of nitrogens with one attached hydrogen (secondary N) is 3. The first-order valence-corrected chi connectivity index (χ1v) is 8.36. The summed E-state index contributed by atoms with van der Waals surface area (Å²) in [7, 11) is 1.68. The van der Waals surface area contributed by atoms with Crippen LogP contribution in [0.4, 0.5) is 21.9 Å². The molecule has 6 nitrogen and oxygen atoms in total. The van der Waals surface area contributed by atoms with Gasteiger partial charge in [-0.3, -0.25) is 5.32 Å². The molecule has 0 fully saturated rings. The summed E-state index contributed by atoms with van der Waals surface area (Å²) in [5, 5.41) is 8.94. The predicted molar refractivity (Wildman–Crippen MR) is 104 cm³/mol. The number of benzene rings is 2. The maximum absolute atomic E-state index is 12.3. The second kappa shape index (κ2) is 6.98. The predicted octanol–water partition coefficient (Wildman–Crippen LogP) is 4.55. The van der Waals surface area contributed by atoms with Gasteiger partial charge in [-0.15, -0.1) is 0 Å². The summed E-state index contributed by atoms with van der Waals surface area (Å²) in [6.45, 7) is 1.92. The Bertz CT molecular complexity index is 1010. The molecule has 1 heterocycles. The first-order valence-electron chi connectivity index (χ1n) is 7.57. The maximum Gasteiger partial charge on any atom is 0.362 e. The average molecular weight is 402 g/mol. The minimum atomic E-state index is -0.620. The third kappa shape index (κ3) is 3.51. The number of carbonyl (C=O) groups is 1. The largest absolute Gasteiger partial charge is 0.421 e. The van der Waals surface area contributed by atoms with Gasteiger partial charge in [-0.2, -0.15) is 0 Å². The van der Waals surface area contributed by atoms with Crippen LogP contribution in [0.2, 0.25) is 0 Å². The third-order valence-electron chi connectivity index (χ3n) is 3.72. The Kier molecular flexibility index (Phi) is 4.76. The first-order chi connectivity index (χ1) is 12.0. The van der Waals surface area contributed by atoms with Gasteiger partial charge in [-0.05, 0) is 42.8 Å². The van der Waals surface area contributed by atoms with Gasteiger partial charge in [0.25, 0.3) is 0 Å². The monoisotopic (exact) mass is 401 g/mol. The minimum absolute atomic E-state index is 0.0625.